The number of nitrogens with one attached hydrogen (secondary N) is 1. The number of carbonyl (C=O) groups is 1. The lowest BCUT2D eigenvalue weighted by molar-refractivity contribution is 0.0950. The molecule has 1 aromatic heterocycles. The lowest BCUT2D eigenvalue weighted by atomic mass is 10.2. The molecule has 1 amide bonds. The van der Waals surface area contributed by atoms with Gasteiger partial charge in [0.1, 0.15) is 11.5 Å². The van der Waals surface area contributed by atoms with Crippen molar-refractivity contribution in [3.05, 3.63) is 53.9 Å². The Kier molecular flexibility index (Phi) is 6.49. The first-order chi connectivity index (χ1) is 9.74. The van der Waals surface area contributed by atoms with E-state index in [1.54, 1.807) is 38.6 Å². The summed E-state index contributed by atoms with van der Waals surface area (Å²) in [5.41, 5.74) is 1.41. The zero-order chi connectivity index (χ0) is 14.4. The van der Waals surface area contributed by atoms with E-state index in [1.807, 2.05) is 12.1 Å². The number of halogens is 1. The number of methoxy groups -OCH3 is 2. The number of rotatable bonds is 5. The maximum absolute atomic E-state index is 11.9. The molecule has 0 radical (unpaired) electrons. The molecule has 2 aromatic rings. The maximum Gasteiger partial charge on any atom is 0.253 e. The van der Waals surface area contributed by atoms with Crippen molar-refractivity contribution in [2.75, 3.05) is 14.2 Å². The van der Waals surface area contributed by atoms with E-state index in [0.717, 1.165) is 5.56 Å². The maximum atomic E-state index is 11.9. The SMILES string of the molecule is COc1ccc(CNC(=O)c2cccnc2)c(OC)c1.Cl. The summed E-state index contributed by atoms with van der Waals surface area (Å²) in [6.45, 7) is 0.376. The minimum Gasteiger partial charge on any atom is -0.497 e. The van der Waals surface area contributed by atoms with Gasteiger partial charge in [-0.1, -0.05) is 0 Å². The predicted octanol–water partition coefficient (Wildman–Crippen LogP) is 2.45. The number of carbonyl (C=O) groups excluding carboxylic acids is 1. The van der Waals surface area contributed by atoms with Crippen molar-refractivity contribution in [3.63, 3.8) is 0 Å². The molecule has 0 spiro atoms. The van der Waals surface area contributed by atoms with E-state index in [0.29, 0.717) is 23.6 Å². The summed E-state index contributed by atoms with van der Waals surface area (Å²) in [4.78, 5) is 15.8. The quantitative estimate of drug-likeness (QED) is 0.921. The van der Waals surface area contributed by atoms with Crippen LogP contribution in [0, 0.1) is 0 Å². The largest absolute Gasteiger partial charge is 0.497 e. The van der Waals surface area contributed by atoms with Gasteiger partial charge < -0.3 is 14.8 Å². The molecule has 21 heavy (non-hydrogen) atoms. The standard InChI is InChI=1S/C15H16N2O3.ClH/c1-19-13-6-5-11(14(8-13)20-2)10-17-15(18)12-4-3-7-16-9-12;/h3-9H,10H2,1-2H3,(H,17,18);1H. The third kappa shape index (κ3) is 4.36. The van der Waals surface area contributed by atoms with Crippen molar-refractivity contribution in [1.29, 1.82) is 0 Å². The second-order valence-corrected chi connectivity index (χ2v) is 4.10. The molecule has 6 heteroatoms. The molecule has 0 atom stereocenters. The summed E-state index contributed by atoms with van der Waals surface area (Å²) in [6.07, 6.45) is 3.16. The Morgan fingerprint density at radius 2 is 2.05 bits per heavy atom. The molecule has 0 unspecified atom stereocenters. The molecule has 1 aromatic carbocycles. The lowest BCUT2D eigenvalue weighted by Gasteiger charge is -2.11. The lowest BCUT2D eigenvalue weighted by Crippen LogP contribution is -2.23. The second kappa shape index (κ2) is 8.11. The highest BCUT2D eigenvalue weighted by atomic mass is 35.5. The molecule has 2 rings (SSSR count). The molecule has 0 saturated carbocycles. The zero-order valence-corrected chi connectivity index (χ0v) is 12.6. The number of amides is 1. The van der Waals surface area contributed by atoms with Crippen LogP contribution in [0.2, 0.25) is 0 Å². The monoisotopic (exact) mass is 308 g/mol. The van der Waals surface area contributed by atoms with Gasteiger partial charge in [-0.25, -0.2) is 0 Å². The van der Waals surface area contributed by atoms with E-state index in [2.05, 4.69) is 10.3 Å². The number of hydrogen-bond acceptors (Lipinski definition) is 4. The fraction of sp³-hybridized carbons (Fsp3) is 0.200. The van der Waals surface area contributed by atoms with Gasteiger partial charge in [-0.2, -0.15) is 0 Å². The molecular formula is C15H17ClN2O3. The Morgan fingerprint density at radius 3 is 2.67 bits per heavy atom. The van der Waals surface area contributed by atoms with Crippen LogP contribution in [-0.4, -0.2) is 25.1 Å². The van der Waals surface area contributed by atoms with E-state index in [4.69, 9.17) is 9.47 Å². The highest BCUT2D eigenvalue weighted by Gasteiger charge is 2.08. The molecule has 0 saturated heterocycles. The van der Waals surface area contributed by atoms with Gasteiger partial charge in [0.15, 0.2) is 0 Å². The van der Waals surface area contributed by atoms with Gasteiger partial charge in [0.05, 0.1) is 19.8 Å². The second-order valence-electron chi connectivity index (χ2n) is 4.10. The fourth-order valence-corrected chi connectivity index (χ4v) is 1.77. The molecule has 0 aliphatic carbocycles. The van der Waals surface area contributed by atoms with E-state index in [9.17, 15) is 4.79 Å². The summed E-state index contributed by atoms with van der Waals surface area (Å²) in [7, 11) is 3.18. The summed E-state index contributed by atoms with van der Waals surface area (Å²) in [5.74, 6) is 1.22. The topological polar surface area (TPSA) is 60.5 Å². The minimum atomic E-state index is -0.170. The van der Waals surface area contributed by atoms with Crippen LogP contribution in [0.25, 0.3) is 0 Å². The van der Waals surface area contributed by atoms with Crippen LogP contribution in [0.1, 0.15) is 15.9 Å². The Balaban J connectivity index is 0.00000220. The highest BCUT2D eigenvalue weighted by molar-refractivity contribution is 5.93. The smallest absolute Gasteiger partial charge is 0.253 e. The third-order valence-electron chi connectivity index (χ3n) is 2.86. The van der Waals surface area contributed by atoms with Crippen molar-refractivity contribution in [2.24, 2.45) is 0 Å². The summed E-state index contributed by atoms with van der Waals surface area (Å²) in [5, 5.41) is 2.83. The normalized spacial score (nSPS) is 9.43. The average molecular weight is 309 g/mol. The molecule has 1 N–H and O–H groups in total. The predicted molar refractivity (Wildman–Crippen MR) is 82.2 cm³/mol. The Labute approximate surface area is 129 Å². The van der Waals surface area contributed by atoms with Gasteiger partial charge >= 0.3 is 0 Å². The van der Waals surface area contributed by atoms with E-state index >= 15 is 0 Å². The average Bonchev–Trinajstić information content (AvgIpc) is 2.53. The number of aromatic nitrogens is 1. The van der Waals surface area contributed by atoms with Crippen LogP contribution < -0.4 is 14.8 Å². The number of nitrogens with zero attached hydrogens (tertiary/aromatic N) is 1. The Hall–Kier alpha value is -2.27. The number of benzene rings is 1. The van der Waals surface area contributed by atoms with Crippen molar-refractivity contribution < 1.29 is 14.3 Å². The highest BCUT2D eigenvalue weighted by Crippen LogP contribution is 2.24. The number of hydrogen-bond donors (Lipinski definition) is 1. The summed E-state index contributed by atoms with van der Waals surface area (Å²) < 4.78 is 10.4. The van der Waals surface area contributed by atoms with E-state index in [-0.39, 0.29) is 18.3 Å². The summed E-state index contributed by atoms with van der Waals surface area (Å²) >= 11 is 0. The van der Waals surface area contributed by atoms with Gasteiger partial charge in [0.25, 0.3) is 5.91 Å². The number of ether oxygens (including phenoxy) is 2. The Bertz CT molecular complexity index is 591. The van der Waals surface area contributed by atoms with Crippen LogP contribution in [0.4, 0.5) is 0 Å². The van der Waals surface area contributed by atoms with Gasteiger partial charge in [-0.15, -0.1) is 12.4 Å². The first kappa shape index (κ1) is 16.8. The van der Waals surface area contributed by atoms with E-state index in [1.165, 1.54) is 6.20 Å². The van der Waals surface area contributed by atoms with Crippen molar-refractivity contribution in [2.45, 2.75) is 6.54 Å². The minimum absolute atomic E-state index is 0. The van der Waals surface area contributed by atoms with Crippen LogP contribution in [0.3, 0.4) is 0 Å². The number of pyridine rings is 1. The first-order valence-electron chi connectivity index (χ1n) is 6.13. The molecular weight excluding hydrogens is 292 g/mol. The van der Waals surface area contributed by atoms with Gasteiger partial charge in [-0.05, 0) is 24.3 Å². The van der Waals surface area contributed by atoms with Gasteiger partial charge in [-0.3, -0.25) is 9.78 Å². The molecule has 112 valence electrons. The van der Waals surface area contributed by atoms with Crippen LogP contribution in [-0.2, 0) is 6.54 Å². The molecule has 0 aliphatic rings. The van der Waals surface area contributed by atoms with Crippen molar-refractivity contribution in [1.82, 2.24) is 10.3 Å². The third-order valence-corrected chi connectivity index (χ3v) is 2.86. The summed E-state index contributed by atoms with van der Waals surface area (Å²) in [6, 6.07) is 8.91. The van der Waals surface area contributed by atoms with Crippen LogP contribution in [0.5, 0.6) is 11.5 Å². The molecule has 0 fully saturated rings. The zero-order valence-electron chi connectivity index (χ0n) is 11.8. The van der Waals surface area contributed by atoms with Gasteiger partial charge in [0, 0.05) is 30.6 Å². The van der Waals surface area contributed by atoms with Crippen molar-refractivity contribution >= 4 is 18.3 Å². The van der Waals surface area contributed by atoms with Crippen LogP contribution in [0.15, 0.2) is 42.7 Å². The molecule has 0 bridgehead atoms. The molecule has 1 heterocycles. The first-order valence-corrected chi connectivity index (χ1v) is 6.13. The fourth-order valence-electron chi connectivity index (χ4n) is 1.77. The van der Waals surface area contributed by atoms with Gasteiger partial charge in [0.2, 0.25) is 0 Å². The Morgan fingerprint density at radius 1 is 1.24 bits per heavy atom. The van der Waals surface area contributed by atoms with Crippen LogP contribution >= 0.6 is 12.4 Å². The van der Waals surface area contributed by atoms with E-state index < -0.39 is 0 Å². The molecule has 5 nitrogen and oxygen atoms in total. The molecule has 0 aliphatic heterocycles. The van der Waals surface area contributed by atoms with Crippen molar-refractivity contribution in [3.8, 4) is 11.5 Å².